The molecule has 5 heteroatoms. The number of fused-ring (bicyclic) bond motifs is 1. The van der Waals surface area contributed by atoms with Crippen molar-refractivity contribution in [3.8, 4) is 23.1 Å². The lowest BCUT2D eigenvalue weighted by atomic mass is 10.1. The van der Waals surface area contributed by atoms with Gasteiger partial charge in [0.1, 0.15) is 0 Å². The Hall–Kier alpha value is -2.87. The number of pyridine rings is 1. The summed E-state index contributed by atoms with van der Waals surface area (Å²) in [5.41, 5.74) is 3.27. The van der Waals surface area contributed by atoms with Gasteiger partial charge in [0.15, 0.2) is 17.2 Å². The standard InChI is InChI=1S/C18H16N4O/c1-18(8-9-18)17-20-16-15(23-2)7-6-14(22(16)21-17)13-5-3-4-12(10-13)11-19/h3-7,10H,8-9H2,1-2H3. The van der Waals surface area contributed by atoms with Crippen molar-refractivity contribution in [3.63, 3.8) is 0 Å². The minimum Gasteiger partial charge on any atom is -0.493 e. The molecule has 0 radical (unpaired) electrons. The van der Waals surface area contributed by atoms with Gasteiger partial charge in [0, 0.05) is 11.0 Å². The first-order chi connectivity index (χ1) is 11.1. The maximum absolute atomic E-state index is 9.12. The molecule has 0 amide bonds. The molecule has 0 N–H and O–H groups in total. The molecule has 4 rings (SSSR count). The smallest absolute Gasteiger partial charge is 0.198 e. The topological polar surface area (TPSA) is 63.2 Å². The van der Waals surface area contributed by atoms with Gasteiger partial charge in [-0.1, -0.05) is 19.1 Å². The fourth-order valence-corrected chi connectivity index (χ4v) is 2.73. The van der Waals surface area contributed by atoms with Crippen LogP contribution in [-0.4, -0.2) is 21.7 Å². The Labute approximate surface area is 134 Å². The summed E-state index contributed by atoms with van der Waals surface area (Å²) < 4.78 is 7.26. The molecule has 2 aromatic heterocycles. The molecule has 1 saturated carbocycles. The summed E-state index contributed by atoms with van der Waals surface area (Å²) in [7, 11) is 1.64. The first kappa shape index (κ1) is 13.8. The highest BCUT2D eigenvalue weighted by Crippen LogP contribution is 2.46. The van der Waals surface area contributed by atoms with E-state index in [2.05, 4.69) is 13.0 Å². The maximum atomic E-state index is 9.12. The number of methoxy groups -OCH3 is 1. The Bertz CT molecular complexity index is 947. The Balaban J connectivity index is 1.96. The summed E-state index contributed by atoms with van der Waals surface area (Å²) in [5.74, 6) is 1.56. The number of benzene rings is 1. The van der Waals surface area contributed by atoms with E-state index >= 15 is 0 Å². The van der Waals surface area contributed by atoms with Gasteiger partial charge in [-0.3, -0.25) is 0 Å². The summed E-state index contributed by atoms with van der Waals surface area (Å²) in [5, 5.41) is 13.8. The highest BCUT2D eigenvalue weighted by atomic mass is 16.5. The third-order valence-corrected chi connectivity index (χ3v) is 4.50. The quantitative estimate of drug-likeness (QED) is 0.744. The largest absolute Gasteiger partial charge is 0.493 e. The van der Waals surface area contributed by atoms with Crippen molar-refractivity contribution < 1.29 is 4.74 Å². The maximum Gasteiger partial charge on any atom is 0.198 e. The van der Waals surface area contributed by atoms with E-state index in [0.29, 0.717) is 11.3 Å². The first-order valence-electron chi connectivity index (χ1n) is 7.59. The van der Waals surface area contributed by atoms with Crippen LogP contribution in [0, 0.1) is 11.3 Å². The van der Waals surface area contributed by atoms with E-state index in [1.54, 1.807) is 13.2 Å². The van der Waals surface area contributed by atoms with Gasteiger partial charge in [0.2, 0.25) is 0 Å². The lowest BCUT2D eigenvalue weighted by Gasteiger charge is -2.07. The van der Waals surface area contributed by atoms with Crippen LogP contribution in [0.25, 0.3) is 16.9 Å². The molecule has 1 fully saturated rings. The fourth-order valence-electron chi connectivity index (χ4n) is 2.73. The van der Waals surface area contributed by atoms with Crippen molar-refractivity contribution >= 4 is 5.65 Å². The van der Waals surface area contributed by atoms with Gasteiger partial charge in [0.05, 0.1) is 24.4 Å². The number of ether oxygens (including phenoxy) is 1. The van der Waals surface area contributed by atoms with E-state index in [-0.39, 0.29) is 5.41 Å². The lowest BCUT2D eigenvalue weighted by Crippen LogP contribution is -2.03. The van der Waals surface area contributed by atoms with Crippen molar-refractivity contribution in [2.45, 2.75) is 25.2 Å². The van der Waals surface area contributed by atoms with E-state index in [1.165, 1.54) is 0 Å². The van der Waals surface area contributed by atoms with Crippen LogP contribution in [0.2, 0.25) is 0 Å². The van der Waals surface area contributed by atoms with E-state index in [1.807, 2.05) is 34.8 Å². The summed E-state index contributed by atoms with van der Waals surface area (Å²) in [6, 6.07) is 13.5. The van der Waals surface area contributed by atoms with E-state index < -0.39 is 0 Å². The van der Waals surface area contributed by atoms with E-state index in [9.17, 15) is 0 Å². The predicted octanol–water partition coefficient (Wildman–Crippen LogP) is 3.33. The third-order valence-electron chi connectivity index (χ3n) is 4.50. The normalized spacial score (nSPS) is 15.3. The predicted molar refractivity (Wildman–Crippen MR) is 86.3 cm³/mol. The van der Waals surface area contributed by atoms with Gasteiger partial charge in [-0.15, -0.1) is 5.10 Å². The highest BCUT2D eigenvalue weighted by molar-refractivity contribution is 5.68. The van der Waals surface area contributed by atoms with Gasteiger partial charge >= 0.3 is 0 Å². The van der Waals surface area contributed by atoms with Gasteiger partial charge in [0.25, 0.3) is 0 Å². The molecule has 1 aliphatic rings. The van der Waals surface area contributed by atoms with Gasteiger partial charge < -0.3 is 4.74 Å². The molecule has 5 nitrogen and oxygen atoms in total. The lowest BCUT2D eigenvalue weighted by molar-refractivity contribution is 0.416. The fraction of sp³-hybridized carbons (Fsp3) is 0.278. The average molecular weight is 304 g/mol. The zero-order chi connectivity index (χ0) is 16.0. The SMILES string of the molecule is COc1ccc(-c2cccc(C#N)c2)n2nc(C3(C)CC3)nc12. The van der Waals surface area contributed by atoms with Crippen LogP contribution in [-0.2, 0) is 5.41 Å². The highest BCUT2D eigenvalue weighted by Gasteiger charge is 2.43. The molecule has 0 atom stereocenters. The number of nitriles is 1. The number of nitrogens with zero attached hydrogens (tertiary/aromatic N) is 4. The monoisotopic (exact) mass is 304 g/mol. The molecule has 0 spiro atoms. The number of aromatic nitrogens is 3. The molecule has 114 valence electrons. The summed E-state index contributed by atoms with van der Waals surface area (Å²) in [6.07, 6.45) is 2.23. The molecular formula is C18H16N4O. The summed E-state index contributed by atoms with van der Waals surface area (Å²) in [4.78, 5) is 4.71. The first-order valence-corrected chi connectivity index (χ1v) is 7.59. The second-order valence-corrected chi connectivity index (χ2v) is 6.21. The molecule has 0 saturated heterocycles. The minimum atomic E-state index is 0.0861. The van der Waals surface area contributed by atoms with E-state index in [0.717, 1.165) is 35.6 Å². The second-order valence-electron chi connectivity index (χ2n) is 6.21. The molecule has 0 aliphatic heterocycles. The number of rotatable bonds is 3. The van der Waals surface area contributed by atoms with Crippen LogP contribution < -0.4 is 4.74 Å². The van der Waals surface area contributed by atoms with Crippen molar-refractivity contribution in [2.75, 3.05) is 7.11 Å². The second kappa shape index (κ2) is 4.82. The van der Waals surface area contributed by atoms with Crippen LogP contribution in [0.1, 0.15) is 31.2 Å². The molecule has 23 heavy (non-hydrogen) atoms. The van der Waals surface area contributed by atoms with Crippen LogP contribution >= 0.6 is 0 Å². The Morgan fingerprint density at radius 2 is 2.09 bits per heavy atom. The van der Waals surface area contributed by atoms with Crippen molar-refractivity contribution in [1.29, 1.82) is 5.26 Å². The van der Waals surface area contributed by atoms with Crippen molar-refractivity contribution in [3.05, 3.63) is 47.8 Å². The zero-order valence-corrected chi connectivity index (χ0v) is 13.1. The van der Waals surface area contributed by atoms with Crippen LogP contribution in [0.5, 0.6) is 5.75 Å². The molecule has 1 aliphatic carbocycles. The average Bonchev–Trinajstić information content (AvgIpc) is 3.17. The molecule has 0 bridgehead atoms. The summed E-state index contributed by atoms with van der Waals surface area (Å²) in [6.45, 7) is 2.18. The Morgan fingerprint density at radius 3 is 2.78 bits per heavy atom. The molecule has 0 unspecified atom stereocenters. The van der Waals surface area contributed by atoms with Crippen molar-refractivity contribution in [2.24, 2.45) is 0 Å². The minimum absolute atomic E-state index is 0.0861. The van der Waals surface area contributed by atoms with Crippen LogP contribution in [0.3, 0.4) is 0 Å². The Morgan fingerprint density at radius 1 is 1.26 bits per heavy atom. The van der Waals surface area contributed by atoms with Crippen molar-refractivity contribution in [1.82, 2.24) is 14.6 Å². The van der Waals surface area contributed by atoms with Gasteiger partial charge in [-0.05, 0) is 37.1 Å². The molecule has 1 aromatic carbocycles. The molecule has 2 heterocycles. The molecule has 3 aromatic rings. The van der Waals surface area contributed by atoms with E-state index in [4.69, 9.17) is 20.1 Å². The number of hydrogen-bond donors (Lipinski definition) is 0. The van der Waals surface area contributed by atoms with Gasteiger partial charge in [-0.25, -0.2) is 9.50 Å². The number of hydrogen-bond acceptors (Lipinski definition) is 4. The van der Waals surface area contributed by atoms with Crippen LogP contribution in [0.15, 0.2) is 36.4 Å². The van der Waals surface area contributed by atoms with Crippen LogP contribution in [0.4, 0.5) is 0 Å². The van der Waals surface area contributed by atoms with Gasteiger partial charge in [-0.2, -0.15) is 5.26 Å². The Kier molecular flexibility index (Phi) is 2.88. The molecular weight excluding hydrogens is 288 g/mol. The third kappa shape index (κ3) is 2.15. The zero-order valence-electron chi connectivity index (χ0n) is 13.1. The summed E-state index contributed by atoms with van der Waals surface area (Å²) >= 11 is 0.